The fraction of sp³-hybridized carbons (Fsp3) is 0.500. The van der Waals surface area contributed by atoms with E-state index in [1.54, 1.807) is 0 Å². The van der Waals surface area contributed by atoms with Gasteiger partial charge in [-0.05, 0) is 0 Å². The van der Waals surface area contributed by atoms with Gasteiger partial charge in [0.15, 0.2) is 0 Å². The van der Waals surface area contributed by atoms with E-state index in [2.05, 4.69) is 42.0 Å². The molecule has 0 aromatic heterocycles. The minimum atomic E-state index is -0.200. The van der Waals surface area contributed by atoms with Crippen molar-refractivity contribution in [3.63, 3.8) is 0 Å². The van der Waals surface area contributed by atoms with Crippen molar-refractivity contribution in [3.05, 3.63) is 35.9 Å². The Morgan fingerprint density at radius 3 is 2.13 bits per heavy atom. The summed E-state index contributed by atoms with van der Waals surface area (Å²) in [5.74, 6) is 4.57. The summed E-state index contributed by atoms with van der Waals surface area (Å²) < 4.78 is 0.273. The molecule has 0 aliphatic heterocycles. The van der Waals surface area contributed by atoms with Crippen molar-refractivity contribution in [2.75, 3.05) is 0 Å². The summed E-state index contributed by atoms with van der Waals surface area (Å²) >= 11 is 1.08. The Morgan fingerprint density at radius 1 is 1.20 bits per heavy atom. The molecule has 1 N–H and O–H groups in total. The molecule has 1 aromatic rings. The van der Waals surface area contributed by atoms with Crippen molar-refractivity contribution in [1.82, 2.24) is 0 Å². The second-order valence-corrected chi connectivity index (χ2v) is 9.53. The first-order chi connectivity index (χ1) is 7.14. The Labute approximate surface area is 105 Å². The van der Waals surface area contributed by atoms with Gasteiger partial charge in [-0.2, -0.15) is 0 Å². The van der Waals surface area contributed by atoms with E-state index in [1.165, 1.54) is 5.56 Å². The molecule has 0 saturated carbocycles. The van der Waals surface area contributed by atoms with Gasteiger partial charge in [0, 0.05) is 0 Å². The maximum absolute atomic E-state index is 9.63. The Bertz CT molecular complexity index is 281. The van der Waals surface area contributed by atoms with Gasteiger partial charge in [0.05, 0.1) is 0 Å². The van der Waals surface area contributed by atoms with E-state index in [-0.39, 0.29) is 9.32 Å². The zero-order valence-corrected chi connectivity index (χ0v) is 12.9. The molecule has 0 radical (unpaired) electrons. The van der Waals surface area contributed by atoms with Gasteiger partial charge >= 0.3 is 105 Å². The molecule has 0 fully saturated rings. The van der Waals surface area contributed by atoms with Crippen molar-refractivity contribution < 1.29 is 5.11 Å². The van der Waals surface area contributed by atoms with Gasteiger partial charge in [-0.1, -0.05) is 0 Å². The molecule has 15 heavy (non-hydrogen) atoms. The molecule has 1 aromatic carbocycles. The van der Waals surface area contributed by atoms with E-state index >= 15 is 0 Å². The van der Waals surface area contributed by atoms with Gasteiger partial charge in [-0.25, -0.2) is 0 Å². The summed E-state index contributed by atoms with van der Waals surface area (Å²) in [5.41, 5.74) is 1.41. The van der Waals surface area contributed by atoms with Crippen molar-refractivity contribution in [2.45, 2.75) is 34.3 Å². The molecule has 0 aliphatic rings. The van der Waals surface area contributed by atoms with E-state index in [0.29, 0.717) is 29.9 Å². The van der Waals surface area contributed by atoms with Crippen LogP contribution in [0.4, 0.5) is 0 Å². The third-order valence-corrected chi connectivity index (χ3v) is 10.5. The Kier molecular flexibility index (Phi) is 5.38. The summed E-state index contributed by atoms with van der Waals surface area (Å²) in [6.45, 7) is 1.90. The Morgan fingerprint density at radius 2 is 1.73 bits per heavy atom. The van der Waals surface area contributed by atoms with E-state index < -0.39 is 0 Å². The monoisotopic (exact) mass is 338 g/mol. The van der Waals surface area contributed by atoms with Gasteiger partial charge < -0.3 is 0 Å². The van der Waals surface area contributed by atoms with Crippen molar-refractivity contribution in [2.24, 2.45) is 0 Å². The van der Waals surface area contributed by atoms with E-state index in [9.17, 15) is 5.11 Å². The van der Waals surface area contributed by atoms with E-state index in [0.717, 1.165) is 6.42 Å². The second kappa shape index (κ2) is 6.08. The summed E-state index contributed by atoms with van der Waals surface area (Å²) in [4.78, 5) is 0. The van der Waals surface area contributed by atoms with Gasteiger partial charge in [-0.15, -0.1) is 0 Å². The van der Waals surface area contributed by atoms with Crippen LogP contribution in [0.2, 0.25) is 11.6 Å². The number of hydrogen-bond acceptors (Lipinski definition) is 1. The van der Waals surface area contributed by atoms with E-state index in [4.69, 9.17) is 0 Å². The summed E-state index contributed by atoms with van der Waals surface area (Å²) in [5, 5.41) is 9.63. The topological polar surface area (TPSA) is 20.2 Å². The molecule has 0 saturated heterocycles. The van der Waals surface area contributed by atoms with Crippen LogP contribution in [0.5, 0.6) is 0 Å². The van der Waals surface area contributed by atoms with Crippen LogP contribution in [-0.2, 0) is 3.21 Å². The molecule has 0 amide bonds. The SMILES string of the molecule is C[Se]C(C[C@H](C)O)([Se]C)c1ccccc1. The molecule has 3 heteroatoms. The van der Waals surface area contributed by atoms with Gasteiger partial charge in [-0.3, -0.25) is 0 Å². The number of aliphatic hydroxyl groups excluding tert-OH is 1. The fourth-order valence-corrected chi connectivity index (χ4v) is 7.12. The summed E-state index contributed by atoms with van der Waals surface area (Å²) in [7, 11) is 0. The summed E-state index contributed by atoms with van der Waals surface area (Å²) in [6.07, 6.45) is 0.707. The van der Waals surface area contributed by atoms with E-state index in [1.807, 2.05) is 6.92 Å². The maximum atomic E-state index is 9.63. The van der Waals surface area contributed by atoms with Crippen molar-refractivity contribution >= 4 is 29.9 Å². The molecule has 1 rings (SSSR count). The number of aliphatic hydroxyl groups is 1. The first-order valence-electron chi connectivity index (χ1n) is 4.98. The van der Waals surface area contributed by atoms with Gasteiger partial charge in [0.1, 0.15) is 0 Å². The molecule has 0 bridgehead atoms. The fourth-order valence-electron chi connectivity index (χ4n) is 1.68. The number of benzene rings is 1. The van der Waals surface area contributed by atoms with Gasteiger partial charge in [0.25, 0.3) is 0 Å². The van der Waals surface area contributed by atoms with Crippen LogP contribution >= 0.6 is 0 Å². The predicted molar refractivity (Wildman–Crippen MR) is 67.7 cm³/mol. The minimum absolute atomic E-state index is 0.200. The molecule has 0 unspecified atom stereocenters. The summed E-state index contributed by atoms with van der Waals surface area (Å²) in [6, 6.07) is 10.7. The predicted octanol–water partition coefficient (Wildman–Crippen LogP) is 2.11. The first kappa shape index (κ1) is 13.3. The van der Waals surface area contributed by atoms with Crippen LogP contribution < -0.4 is 0 Å². The van der Waals surface area contributed by atoms with Crippen molar-refractivity contribution in [1.29, 1.82) is 0 Å². The zero-order chi connectivity index (χ0) is 11.3. The third-order valence-electron chi connectivity index (χ3n) is 2.44. The quantitative estimate of drug-likeness (QED) is 0.817. The molecule has 0 heterocycles. The second-order valence-electron chi connectivity index (χ2n) is 3.58. The first-order valence-corrected chi connectivity index (χ1v) is 10.1. The molecule has 1 atom stereocenters. The zero-order valence-electron chi connectivity index (χ0n) is 9.43. The van der Waals surface area contributed by atoms with Crippen LogP contribution in [0, 0.1) is 0 Å². The van der Waals surface area contributed by atoms with Crippen LogP contribution in [0.3, 0.4) is 0 Å². The molecule has 0 spiro atoms. The normalized spacial score (nSPS) is 13.9. The average molecular weight is 336 g/mol. The molecule has 0 aliphatic carbocycles. The average Bonchev–Trinajstić information content (AvgIpc) is 2.27. The number of hydrogen-bond donors (Lipinski definition) is 1. The van der Waals surface area contributed by atoms with Crippen LogP contribution in [0.25, 0.3) is 0 Å². The van der Waals surface area contributed by atoms with Crippen molar-refractivity contribution in [3.8, 4) is 0 Å². The number of rotatable bonds is 5. The molecular weight excluding hydrogens is 318 g/mol. The standard InChI is InChI=1S/C12H18OSe2/c1-10(13)9-12(14-2,15-3)11-7-5-4-6-8-11/h4-8,10,13H,9H2,1-3H3/t10-/m0/s1. The molecule has 84 valence electrons. The van der Waals surface area contributed by atoms with Crippen LogP contribution in [-0.4, -0.2) is 41.1 Å². The molecule has 1 nitrogen and oxygen atoms in total. The van der Waals surface area contributed by atoms with Crippen LogP contribution in [0.15, 0.2) is 30.3 Å². The Balaban J connectivity index is 3.00. The van der Waals surface area contributed by atoms with Crippen LogP contribution in [0.1, 0.15) is 18.9 Å². The van der Waals surface area contributed by atoms with Gasteiger partial charge in [0.2, 0.25) is 0 Å². The Hall–Kier alpha value is 0.219. The third kappa shape index (κ3) is 3.34. The molecular formula is C12H18OSe2.